The molecule has 0 amide bonds. The minimum Gasteiger partial charge on any atom is -0.425 e. The van der Waals surface area contributed by atoms with Crippen molar-refractivity contribution in [1.29, 1.82) is 0 Å². The number of carbonyl (C=O) groups excluding carboxylic acids is 2. The summed E-state index contributed by atoms with van der Waals surface area (Å²) in [5.74, 6) is -0.299. The molecule has 2 rings (SSSR count). The summed E-state index contributed by atoms with van der Waals surface area (Å²) in [4.78, 5) is 23.3. The lowest BCUT2D eigenvalue weighted by Gasteiger charge is -2.27. The number of benzene rings is 1. The minimum absolute atomic E-state index is 0.177. The number of para-hydroxylation sites is 1. The molecule has 0 aromatic heterocycles. The molecule has 1 aromatic carbocycles. The molecule has 1 aromatic rings. The summed E-state index contributed by atoms with van der Waals surface area (Å²) in [6, 6.07) is 6.79. The SMILES string of the molecule is CC1(C)C(=O)Oc2ccccc2C1=O. The summed E-state index contributed by atoms with van der Waals surface area (Å²) in [7, 11) is 0. The van der Waals surface area contributed by atoms with Crippen LogP contribution in [0.4, 0.5) is 0 Å². The van der Waals surface area contributed by atoms with E-state index in [1.54, 1.807) is 38.1 Å². The quantitative estimate of drug-likeness (QED) is 0.356. The van der Waals surface area contributed by atoms with Gasteiger partial charge in [-0.2, -0.15) is 0 Å². The van der Waals surface area contributed by atoms with Crippen LogP contribution in [0.5, 0.6) is 5.75 Å². The molecule has 0 atom stereocenters. The molecule has 1 aliphatic rings. The molecule has 0 N–H and O–H groups in total. The van der Waals surface area contributed by atoms with E-state index in [1.165, 1.54) is 0 Å². The molecule has 3 heteroatoms. The molecule has 0 aliphatic carbocycles. The highest BCUT2D eigenvalue weighted by atomic mass is 16.5. The molecule has 72 valence electrons. The zero-order chi connectivity index (χ0) is 10.3. The summed E-state index contributed by atoms with van der Waals surface area (Å²) >= 11 is 0. The van der Waals surface area contributed by atoms with E-state index >= 15 is 0 Å². The van der Waals surface area contributed by atoms with Gasteiger partial charge < -0.3 is 4.74 Å². The van der Waals surface area contributed by atoms with Gasteiger partial charge in [0.15, 0.2) is 5.78 Å². The largest absolute Gasteiger partial charge is 0.425 e. The van der Waals surface area contributed by atoms with Crippen LogP contribution >= 0.6 is 0 Å². The Morgan fingerprint density at radius 3 is 2.50 bits per heavy atom. The summed E-state index contributed by atoms with van der Waals surface area (Å²) in [6.45, 7) is 3.15. The van der Waals surface area contributed by atoms with Gasteiger partial charge in [-0.15, -0.1) is 0 Å². The topological polar surface area (TPSA) is 43.4 Å². The lowest BCUT2D eigenvalue weighted by Crippen LogP contribution is -2.40. The molecule has 0 saturated carbocycles. The second-order valence-corrected chi connectivity index (χ2v) is 3.84. The molecule has 14 heavy (non-hydrogen) atoms. The van der Waals surface area contributed by atoms with Crippen LogP contribution in [0.1, 0.15) is 24.2 Å². The average molecular weight is 190 g/mol. The fourth-order valence-electron chi connectivity index (χ4n) is 1.40. The van der Waals surface area contributed by atoms with Crippen LogP contribution in [-0.4, -0.2) is 11.8 Å². The van der Waals surface area contributed by atoms with Crippen molar-refractivity contribution >= 4 is 11.8 Å². The first-order chi connectivity index (χ1) is 6.53. The van der Waals surface area contributed by atoms with E-state index in [-0.39, 0.29) is 5.78 Å². The lowest BCUT2D eigenvalue weighted by molar-refractivity contribution is -0.142. The third-order valence-corrected chi connectivity index (χ3v) is 2.41. The summed E-state index contributed by atoms with van der Waals surface area (Å²) in [5, 5.41) is 0. The Balaban J connectivity index is 2.61. The Bertz CT molecular complexity index is 418. The maximum absolute atomic E-state index is 11.8. The number of fused-ring (bicyclic) bond motifs is 1. The Labute approximate surface area is 81.7 Å². The third kappa shape index (κ3) is 1.05. The summed E-state index contributed by atoms with van der Waals surface area (Å²) in [5.41, 5.74) is -0.578. The first kappa shape index (κ1) is 8.94. The molecular formula is C11H10O3. The molecule has 0 spiro atoms. The van der Waals surface area contributed by atoms with E-state index in [9.17, 15) is 9.59 Å². The van der Waals surface area contributed by atoms with E-state index in [0.717, 1.165) is 0 Å². The van der Waals surface area contributed by atoms with Crippen LogP contribution in [0, 0.1) is 5.41 Å². The number of hydrogen-bond acceptors (Lipinski definition) is 3. The van der Waals surface area contributed by atoms with Crippen molar-refractivity contribution in [3.8, 4) is 5.75 Å². The Kier molecular flexibility index (Phi) is 1.71. The number of Topliss-reactive ketones (excluding diaryl/α,β-unsaturated/α-hetero) is 1. The van der Waals surface area contributed by atoms with Crippen molar-refractivity contribution in [3.05, 3.63) is 29.8 Å². The smallest absolute Gasteiger partial charge is 0.324 e. The maximum Gasteiger partial charge on any atom is 0.324 e. The number of esters is 1. The van der Waals surface area contributed by atoms with Gasteiger partial charge in [0.1, 0.15) is 11.2 Å². The number of ether oxygens (including phenoxy) is 1. The minimum atomic E-state index is -1.06. The van der Waals surface area contributed by atoms with E-state index < -0.39 is 11.4 Å². The molecule has 0 fully saturated rings. The standard InChI is InChI=1S/C11H10O3/c1-11(2)9(12)7-5-3-4-6-8(7)14-10(11)13/h3-6H,1-2H3. The van der Waals surface area contributed by atoms with Gasteiger partial charge in [0, 0.05) is 0 Å². The predicted molar refractivity (Wildman–Crippen MR) is 50.2 cm³/mol. The van der Waals surface area contributed by atoms with Gasteiger partial charge in [0.05, 0.1) is 5.56 Å². The predicted octanol–water partition coefficient (Wildman–Crippen LogP) is 1.81. The van der Waals surface area contributed by atoms with Crippen LogP contribution in [0.15, 0.2) is 24.3 Å². The fraction of sp³-hybridized carbons (Fsp3) is 0.273. The average Bonchev–Trinajstić information content (AvgIpc) is 2.15. The van der Waals surface area contributed by atoms with Gasteiger partial charge in [0.2, 0.25) is 0 Å². The highest BCUT2D eigenvalue weighted by Gasteiger charge is 2.43. The second-order valence-electron chi connectivity index (χ2n) is 3.84. The van der Waals surface area contributed by atoms with E-state index in [0.29, 0.717) is 11.3 Å². The monoisotopic (exact) mass is 190 g/mol. The fourth-order valence-corrected chi connectivity index (χ4v) is 1.40. The second kappa shape index (κ2) is 2.67. The normalized spacial score (nSPS) is 18.7. The van der Waals surface area contributed by atoms with E-state index in [4.69, 9.17) is 4.74 Å². The van der Waals surface area contributed by atoms with Crippen LogP contribution in [0.2, 0.25) is 0 Å². The van der Waals surface area contributed by atoms with Crippen molar-refractivity contribution in [2.24, 2.45) is 5.41 Å². The van der Waals surface area contributed by atoms with E-state index in [2.05, 4.69) is 0 Å². The molecule has 1 heterocycles. The molecule has 3 nitrogen and oxygen atoms in total. The Morgan fingerprint density at radius 2 is 1.79 bits per heavy atom. The Hall–Kier alpha value is -1.64. The summed E-state index contributed by atoms with van der Waals surface area (Å²) in [6.07, 6.45) is 0. The van der Waals surface area contributed by atoms with Crippen LogP contribution < -0.4 is 4.74 Å². The molecule has 1 aliphatic heterocycles. The molecular weight excluding hydrogens is 180 g/mol. The highest BCUT2D eigenvalue weighted by Crippen LogP contribution is 2.34. The highest BCUT2D eigenvalue weighted by molar-refractivity contribution is 6.16. The number of ketones is 1. The molecule has 0 bridgehead atoms. The Morgan fingerprint density at radius 1 is 1.14 bits per heavy atom. The lowest BCUT2D eigenvalue weighted by atomic mass is 9.82. The zero-order valence-electron chi connectivity index (χ0n) is 8.03. The van der Waals surface area contributed by atoms with Gasteiger partial charge in [-0.3, -0.25) is 9.59 Å². The first-order valence-electron chi connectivity index (χ1n) is 4.39. The van der Waals surface area contributed by atoms with Gasteiger partial charge in [-0.05, 0) is 26.0 Å². The summed E-state index contributed by atoms with van der Waals surface area (Å²) < 4.78 is 5.06. The third-order valence-electron chi connectivity index (χ3n) is 2.41. The van der Waals surface area contributed by atoms with Crippen LogP contribution in [-0.2, 0) is 4.79 Å². The molecule has 0 saturated heterocycles. The van der Waals surface area contributed by atoms with Crippen LogP contribution in [0.25, 0.3) is 0 Å². The van der Waals surface area contributed by atoms with Crippen molar-refractivity contribution < 1.29 is 14.3 Å². The molecule has 0 radical (unpaired) electrons. The number of rotatable bonds is 0. The number of hydrogen-bond donors (Lipinski definition) is 0. The van der Waals surface area contributed by atoms with Crippen molar-refractivity contribution in [2.45, 2.75) is 13.8 Å². The van der Waals surface area contributed by atoms with Gasteiger partial charge in [-0.1, -0.05) is 12.1 Å². The van der Waals surface area contributed by atoms with E-state index in [1.807, 2.05) is 0 Å². The van der Waals surface area contributed by atoms with Crippen LogP contribution in [0.3, 0.4) is 0 Å². The van der Waals surface area contributed by atoms with Gasteiger partial charge in [0.25, 0.3) is 0 Å². The van der Waals surface area contributed by atoms with Crippen molar-refractivity contribution in [2.75, 3.05) is 0 Å². The zero-order valence-corrected chi connectivity index (χ0v) is 8.03. The maximum atomic E-state index is 11.8. The number of carbonyl (C=O) groups is 2. The molecule has 0 unspecified atom stereocenters. The van der Waals surface area contributed by atoms with Gasteiger partial charge >= 0.3 is 5.97 Å². The van der Waals surface area contributed by atoms with Gasteiger partial charge in [-0.25, -0.2) is 0 Å². The van der Waals surface area contributed by atoms with Crippen molar-refractivity contribution in [1.82, 2.24) is 0 Å². The first-order valence-corrected chi connectivity index (χ1v) is 4.39. The van der Waals surface area contributed by atoms with Crippen molar-refractivity contribution in [3.63, 3.8) is 0 Å².